The number of piperazine rings is 1. The van der Waals surface area contributed by atoms with E-state index in [2.05, 4.69) is 10.1 Å². The van der Waals surface area contributed by atoms with Gasteiger partial charge in [-0.25, -0.2) is 0 Å². The molecule has 0 atom stereocenters. The maximum absolute atomic E-state index is 13.4. The lowest BCUT2D eigenvalue weighted by molar-refractivity contribution is -0.134. The fraction of sp³-hybridized carbons (Fsp3) is 0.320. The molecule has 1 saturated heterocycles. The van der Waals surface area contributed by atoms with E-state index < -0.39 is 5.41 Å². The van der Waals surface area contributed by atoms with Crippen molar-refractivity contribution < 1.29 is 14.1 Å². The van der Waals surface area contributed by atoms with E-state index in [4.69, 9.17) is 16.1 Å². The SMILES string of the molecule is CC(=O)c1ccc(N2CCN(C(=O)C3(c4cc(-c5ccc(Cl)cc5)on4)CC3)CC2)cc1. The average molecular weight is 450 g/mol. The van der Waals surface area contributed by atoms with E-state index in [1.165, 1.54) is 0 Å². The number of hydrogen-bond donors (Lipinski definition) is 0. The van der Waals surface area contributed by atoms with Crippen molar-refractivity contribution in [2.45, 2.75) is 25.2 Å². The van der Waals surface area contributed by atoms with Crippen LogP contribution in [0.15, 0.2) is 59.1 Å². The van der Waals surface area contributed by atoms with Gasteiger partial charge in [0.05, 0.1) is 11.1 Å². The largest absolute Gasteiger partial charge is 0.368 e. The van der Waals surface area contributed by atoms with Gasteiger partial charge in [0.2, 0.25) is 5.91 Å². The van der Waals surface area contributed by atoms with Gasteiger partial charge in [-0.2, -0.15) is 0 Å². The molecule has 2 aliphatic rings. The smallest absolute Gasteiger partial charge is 0.235 e. The third-order valence-electron chi connectivity index (χ3n) is 6.49. The highest BCUT2D eigenvalue weighted by atomic mass is 35.5. The summed E-state index contributed by atoms with van der Waals surface area (Å²) in [5.41, 5.74) is 2.84. The normalized spacial score (nSPS) is 17.3. The lowest BCUT2D eigenvalue weighted by Gasteiger charge is -2.37. The molecule has 5 rings (SSSR count). The molecule has 2 heterocycles. The van der Waals surface area contributed by atoms with Gasteiger partial charge in [0, 0.05) is 54.1 Å². The number of benzene rings is 2. The Labute approximate surface area is 191 Å². The Hall–Kier alpha value is -3.12. The molecule has 0 radical (unpaired) electrons. The van der Waals surface area contributed by atoms with E-state index in [9.17, 15) is 9.59 Å². The van der Waals surface area contributed by atoms with Crippen molar-refractivity contribution in [2.75, 3.05) is 31.1 Å². The first-order valence-electron chi connectivity index (χ1n) is 10.8. The van der Waals surface area contributed by atoms with Gasteiger partial charge in [-0.15, -0.1) is 0 Å². The molecule has 0 N–H and O–H groups in total. The number of aromatic nitrogens is 1. The molecule has 1 saturated carbocycles. The van der Waals surface area contributed by atoms with Crippen LogP contribution in [0.5, 0.6) is 0 Å². The van der Waals surface area contributed by atoms with Crippen molar-refractivity contribution in [1.29, 1.82) is 0 Å². The van der Waals surface area contributed by atoms with Crippen molar-refractivity contribution in [3.05, 3.63) is 70.9 Å². The molecule has 3 aromatic rings. The predicted octanol–water partition coefficient (Wildman–Crippen LogP) is 4.58. The van der Waals surface area contributed by atoms with Gasteiger partial charge < -0.3 is 14.3 Å². The van der Waals surface area contributed by atoms with Gasteiger partial charge in [-0.1, -0.05) is 16.8 Å². The summed E-state index contributed by atoms with van der Waals surface area (Å²) in [4.78, 5) is 29.1. The summed E-state index contributed by atoms with van der Waals surface area (Å²) >= 11 is 5.97. The van der Waals surface area contributed by atoms with Crippen molar-refractivity contribution in [2.24, 2.45) is 0 Å². The molecule has 1 aromatic heterocycles. The highest BCUT2D eigenvalue weighted by Gasteiger charge is 2.55. The number of hydrogen-bond acceptors (Lipinski definition) is 5. The summed E-state index contributed by atoms with van der Waals surface area (Å²) in [6.07, 6.45) is 1.59. The van der Waals surface area contributed by atoms with Gasteiger partial charge >= 0.3 is 0 Å². The minimum absolute atomic E-state index is 0.0637. The topological polar surface area (TPSA) is 66.7 Å². The summed E-state index contributed by atoms with van der Waals surface area (Å²) < 4.78 is 5.56. The Morgan fingerprint density at radius 3 is 2.22 bits per heavy atom. The quantitative estimate of drug-likeness (QED) is 0.533. The van der Waals surface area contributed by atoms with E-state index in [1.807, 2.05) is 59.5 Å². The van der Waals surface area contributed by atoms with Crippen LogP contribution in [0.1, 0.15) is 35.8 Å². The Morgan fingerprint density at radius 1 is 0.969 bits per heavy atom. The number of ketones is 1. The van der Waals surface area contributed by atoms with Crippen LogP contribution in [-0.2, 0) is 10.2 Å². The zero-order valence-electron chi connectivity index (χ0n) is 17.9. The van der Waals surface area contributed by atoms with Gasteiger partial charge in [-0.3, -0.25) is 9.59 Å². The van der Waals surface area contributed by atoms with Crippen LogP contribution in [-0.4, -0.2) is 47.9 Å². The van der Waals surface area contributed by atoms with Crippen LogP contribution < -0.4 is 4.90 Å². The molecule has 0 unspecified atom stereocenters. The maximum Gasteiger partial charge on any atom is 0.235 e. The fourth-order valence-corrected chi connectivity index (χ4v) is 4.46. The highest BCUT2D eigenvalue weighted by molar-refractivity contribution is 6.30. The number of carbonyl (C=O) groups excluding carboxylic acids is 2. The molecule has 0 spiro atoms. The maximum atomic E-state index is 13.4. The summed E-state index contributed by atoms with van der Waals surface area (Å²) in [5.74, 6) is 0.850. The van der Waals surface area contributed by atoms with Crippen molar-refractivity contribution in [3.8, 4) is 11.3 Å². The molecular weight excluding hydrogens is 426 g/mol. The lowest BCUT2D eigenvalue weighted by Crippen LogP contribution is -2.51. The average Bonchev–Trinajstić information content (AvgIpc) is 3.48. The monoisotopic (exact) mass is 449 g/mol. The highest BCUT2D eigenvalue weighted by Crippen LogP contribution is 2.50. The van der Waals surface area contributed by atoms with E-state index in [1.54, 1.807) is 6.92 Å². The van der Waals surface area contributed by atoms with Gasteiger partial charge in [-0.05, 0) is 68.3 Å². The fourth-order valence-electron chi connectivity index (χ4n) is 4.33. The van der Waals surface area contributed by atoms with E-state index in [0.29, 0.717) is 29.4 Å². The zero-order valence-corrected chi connectivity index (χ0v) is 18.6. The first-order valence-corrected chi connectivity index (χ1v) is 11.2. The molecule has 7 heteroatoms. The van der Waals surface area contributed by atoms with E-state index in [-0.39, 0.29) is 11.7 Å². The van der Waals surface area contributed by atoms with Gasteiger partial charge in [0.1, 0.15) is 0 Å². The third-order valence-corrected chi connectivity index (χ3v) is 6.75. The molecule has 1 aliphatic carbocycles. The second kappa shape index (κ2) is 8.10. The van der Waals surface area contributed by atoms with Gasteiger partial charge in [0.25, 0.3) is 0 Å². The number of Topliss-reactive ketones (excluding diaryl/α,β-unsaturated/α-hetero) is 1. The minimum atomic E-state index is -0.556. The Bertz CT molecular complexity index is 1140. The summed E-state index contributed by atoms with van der Waals surface area (Å²) in [7, 11) is 0. The van der Waals surface area contributed by atoms with Crippen LogP contribution in [0.2, 0.25) is 5.02 Å². The molecule has 0 bridgehead atoms. The second-order valence-corrected chi connectivity index (χ2v) is 8.98. The molecular formula is C25H24ClN3O3. The van der Waals surface area contributed by atoms with Gasteiger partial charge in [0.15, 0.2) is 11.5 Å². The number of rotatable bonds is 5. The second-order valence-electron chi connectivity index (χ2n) is 8.55. The number of nitrogens with zero attached hydrogens (tertiary/aromatic N) is 3. The lowest BCUT2D eigenvalue weighted by atomic mass is 9.99. The molecule has 164 valence electrons. The Kier molecular flexibility index (Phi) is 5.25. The first-order chi connectivity index (χ1) is 15.5. The Balaban J connectivity index is 1.25. The molecule has 6 nitrogen and oxygen atoms in total. The van der Waals surface area contributed by atoms with Crippen molar-refractivity contribution >= 4 is 29.0 Å². The summed E-state index contributed by atoms with van der Waals surface area (Å²) in [6, 6.07) is 16.9. The summed E-state index contributed by atoms with van der Waals surface area (Å²) in [5, 5.41) is 4.92. The summed E-state index contributed by atoms with van der Waals surface area (Å²) in [6.45, 7) is 4.42. The first kappa shape index (κ1) is 20.8. The molecule has 1 aliphatic heterocycles. The number of amides is 1. The number of halogens is 1. The van der Waals surface area contributed by atoms with E-state index in [0.717, 1.165) is 42.9 Å². The van der Waals surface area contributed by atoms with Crippen LogP contribution in [0.3, 0.4) is 0 Å². The van der Waals surface area contributed by atoms with Crippen LogP contribution in [0.25, 0.3) is 11.3 Å². The number of anilines is 1. The van der Waals surface area contributed by atoms with Crippen molar-refractivity contribution in [3.63, 3.8) is 0 Å². The molecule has 2 aromatic carbocycles. The Morgan fingerprint density at radius 2 is 1.62 bits per heavy atom. The molecule has 1 amide bonds. The van der Waals surface area contributed by atoms with E-state index >= 15 is 0 Å². The third kappa shape index (κ3) is 3.79. The van der Waals surface area contributed by atoms with Crippen LogP contribution >= 0.6 is 11.6 Å². The molecule has 32 heavy (non-hydrogen) atoms. The predicted molar refractivity (Wildman–Crippen MR) is 123 cm³/mol. The number of carbonyl (C=O) groups is 2. The standard InChI is InChI=1S/C25H24ClN3O3/c1-17(30)18-4-8-21(9-5-18)28-12-14-29(15-13-28)24(31)25(10-11-25)23-16-22(32-27-23)19-2-6-20(26)7-3-19/h2-9,16H,10-15H2,1H3. The zero-order chi connectivity index (χ0) is 22.3. The van der Waals surface area contributed by atoms with Crippen molar-refractivity contribution in [1.82, 2.24) is 10.1 Å². The van der Waals surface area contributed by atoms with Crippen LogP contribution in [0.4, 0.5) is 5.69 Å². The molecule has 2 fully saturated rings. The minimum Gasteiger partial charge on any atom is -0.368 e. The van der Waals surface area contributed by atoms with Crippen LogP contribution in [0, 0.1) is 0 Å².